The van der Waals surface area contributed by atoms with Gasteiger partial charge in [-0.3, -0.25) is 0 Å². The maximum absolute atomic E-state index is 11.9. The van der Waals surface area contributed by atoms with Gasteiger partial charge in [0.2, 0.25) is 10.0 Å². The summed E-state index contributed by atoms with van der Waals surface area (Å²) in [4.78, 5) is 10.6. The number of aryl methyl sites for hydroxylation is 1. The maximum atomic E-state index is 11.9. The largest absolute Gasteiger partial charge is 0.478 e. The predicted octanol–water partition coefficient (Wildman–Crippen LogP) is 1.39. The third kappa shape index (κ3) is 3.68. The summed E-state index contributed by atoms with van der Waals surface area (Å²) < 4.78 is 26.2. The average Bonchev–Trinajstić information content (AvgIpc) is 2.27. The summed E-state index contributed by atoms with van der Waals surface area (Å²) in [6, 6.07) is 4.76. The van der Waals surface area contributed by atoms with Crippen molar-refractivity contribution in [1.29, 1.82) is 0 Å². The van der Waals surface area contributed by atoms with Crippen LogP contribution in [0.15, 0.2) is 29.2 Å². The highest BCUT2D eigenvalue weighted by molar-refractivity contribution is 7.89. The van der Waals surface area contributed by atoms with Crippen molar-refractivity contribution in [2.45, 2.75) is 18.7 Å². The minimum Gasteiger partial charge on any atom is -0.478 e. The van der Waals surface area contributed by atoms with Gasteiger partial charge in [-0.2, -0.15) is 0 Å². The molecule has 0 heterocycles. The monoisotopic (exact) mass is 269 g/mol. The number of nitrogens with one attached hydrogen (secondary N) is 1. The van der Waals surface area contributed by atoms with E-state index in [1.54, 1.807) is 26.0 Å². The van der Waals surface area contributed by atoms with Crippen LogP contribution in [0.25, 0.3) is 6.08 Å². The zero-order valence-electron chi connectivity index (χ0n) is 10.2. The second-order valence-corrected chi connectivity index (χ2v) is 5.43. The fourth-order valence-electron chi connectivity index (χ4n) is 1.45. The Morgan fingerprint density at radius 1 is 1.44 bits per heavy atom. The Kier molecular flexibility index (Phi) is 4.63. The van der Waals surface area contributed by atoms with Crippen molar-refractivity contribution in [2.24, 2.45) is 0 Å². The molecule has 5 nitrogen and oxygen atoms in total. The Balaban J connectivity index is 3.21. The van der Waals surface area contributed by atoms with Gasteiger partial charge in [-0.15, -0.1) is 0 Å². The Hall–Kier alpha value is -1.66. The second kappa shape index (κ2) is 5.79. The van der Waals surface area contributed by atoms with Gasteiger partial charge in [-0.1, -0.05) is 19.1 Å². The van der Waals surface area contributed by atoms with Crippen molar-refractivity contribution < 1.29 is 18.3 Å². The molecule has 0 atom stereocenters. The van der Waals surface area contributed by atoms with Gasteiger partial charge in [0.1, 0.15) is 0 Å². The number of carbonyl (C=O) groups is 1. The van der Waals surface area contributed by atoms with Crippen molar-refractivity contribution in [2.75, 3.05) is 6.54 Å². The minimum atomic E-state index is -3.53. The topological polar surface area (TPSA) is 83.5 Å². The molecule has 0 aliphatic heterocycles. The highest BCUT2D eigenvalue weighted by Gasteiger charge is 2.15. The molecular weight excluding hydrogens is 254 g/mol. The third-order valence-electron chi connectivity index (χ3n) is 2.25. The molecule has 0 fully saturated rings. The standard InChI is InChI=1S/C12H15NO4S/c1-3-13-18(16,17)11-8-10(5-4-9(11)2)6-7-12(14)15/h4-8,13H,3H2,1-2H3,(H,14,15)/b7-6+. The zero-order chi connectivity index (χ0) is 13.8. The van der Waals surface area contributed by atoms with Crippen LogP contribution in [-0.4, -0.2) is 26.0 Å². The molecule has 2 N–H and O–H groups in total. The first-order valence-corrected chi connectivity index (χ1v) is 6.86. The van der Waals surface area contributed by atoms with E-state index in [9.17, 15) is 13.2 Å². The normalized spacial score (nSPS) is 11.9. The molecule has 0 spiro atoms. The number of hydrogen-bond donors (Lipinski definition) is 2. The van der Waals surface area contributed by atoms with Gasteiger partial charge in [-0.05, 0) is 30.2 Å². The first-order chi connectivity index (χ1) is 8.36. The SMILES string of the molecule is CCNS(=O)(=O)c1cc(/C=C/C(=O)O)ccc1C. The smallest absolute Gasteiger partial charge is 0.328 e. The van der Waals surface area contributed by atoms with Crippen molar-refractivity contribution in [3.63, 3.8) is 0 Å². The van der Waals surface area contributed by atoms with E-state index in [4.69, 9.17) is 5.11 Å². The number of aliphatic carboxylic acids is 1. The highest BCUT2D eigenvalue weighted by atomic mass is 32.2. The summed E-state index contributed by atoms with van der Waals surface area (Å²) in [5.41, 5.74) is 1.14. The van der Waals surface area contributed by atoms with E-state index in [1.807, 2.05) is 0 Å². The minimum absolute atomic E-state index is 0.164. The van der Waals surface area contributed by atoms with Gasteiger partial charge in [0.05, 0.1) is 4.90 Å². The van der Waals surface area contributed by atoms with Gasteiger partial charge < -0.3 is 5.11 Å². The molecule has 0 aromatic heterocycles. The van der Waals surface area contributed by atoms with Gasteiger partial charge in [0, 0.05) is 12.6 Å². The van der Waals surface area contributed by atoms with Gasteiger partial charge >= 0.3 is 5.97 Å². The average molecular weight is 269 g/mol. The maximum Gasteiger partial charge on any atom is 0.328 e. The van der Waals surface area contributed by atoms with E-state index in [0.717, 1.165) is 6.08 Å². The van der Waals surface area contributed by atoms with Crippen molar-refractivity contribution in [3.05, 3.63) is 35.4 Å². The number of hydrogen-bond acceptors (Lipinski definition) is 3. The van der Waals surface area contributed by atoms with Crippen LogP contribution in [-0.2, 0) is 14.8 Å². The van der Waals surface area contributed by atoms with E-state index in [-0.39, 0.29) is 4.90 Å². The Morgan fingerprint density at radius 2 is 2.11 bits per heavy atom. The van der Waals surface area contributed by atoms with Crippen LogP contribution in [0.3, 0.4) is 0 Å². The summed E-state index contributed by atoms with van der Waals surface area (Å²) in [7, 11) is -3.53. The first kappa shape index (κ1) is 14.4. The molecule has 0 saturated carbocycles. The number of sulfonamides is 1. The van der Waals surface area contributed by atoms with Crippen molar-refractivity contribution >= 4 is 22.1 Å². The molecule has 0 aliphatic carbocycles. The zero-order valence-corrected chi connectivity index (χ0v) is 11.0. The van der Waals surface area contributed by atoms with E-state index >= 15 is 0 Å². The summed E-state index contributed by atoms with van der Waals surface area (Å²) in [6.45, 7) is 3.69. The van der Waals surface area contributed by atoms with Crippen LogP contribution in [0.1, 0.15) is 18.1 Å². The lowest BCUT2D eigenvalue weighted by Crippen LogP contribution is -2.23. The summed E-state index contributed by atoms with van der Waals surface area (Å²) in [6.07, 6.45) is 2.32. The molecule has 18 heavy (non-hydrogen) atoms. The van der Waals surface area contributed by atoms with Crippen molar-refractivity contribution in [1.82, 2.24) is 4.72 Å². The first-order valence-electron chi connectivity index (χ1n) is 5.38. The third-order valence-corrected chi connectivity index (χ3v) is 3.94. The quantitative estimate of drug-likeness (QED) is 0.791. The lowest BCUT2D eigenvalue weighted by Gasteiger charge is -2.08. The van der Waals surface area contributed by atoms with Crippen LogP contribution in [0.2, 0.25) is 0 Å². The second-order valence-electron chi connectivity index (χ2n) is 3.70. The number of carboxylic acids is 1. The Morgan fingerprint density at radius 3 is 2.67 bits per heavy atom. The van der Waals surface area contributed by atoms with E-state index in [0.29, 0.717) is 17.7 Å². The highest BCUT2D eigenvalue weighted by Crippen LogP contribution is 2.17. The number of benzene rings is 1. The van der Waals surface area contributed by atoms with Crippen LogP contribution < -0.4 is 4.72 Å². The van der Waals surface area contributed by atoms with Crippen LogP contribution >= 0.6 is 0 Å². The molecule has 0 radical (unpaired) electrons. The molecule has 6 heteroatoms. The summed E-state index contributed by atoms with van der Waals surface area (Å²) >= 11 is 0. The lowest BCUT2D eigenvalue weighted by atomic mass is 10.1. The Labute approximate surface area is 106 Å². The van der Waals surface area contributed by atoms with Gasteiger partial charge in [0.15, 0.2) is 0 Å². The molecule has 0 amide bonds. The fraction of sp³-hybridized carbons (Fsp3) is 0.250. The molecule has 1 rings (SSSR count). The molecule has 1 aromatic rings. The molecule has 0 aliphatic rings. The van der Waals surface area contributed by atoms with E-state index in [1.165, 1.54) is 12.1 Å². The number of carboxylic acid groups (broad SMARTS) is 1. The fourth-order valence-corrected chi connectivity index (χ4v) is 2.76. The Bertz CT molecular complexity index is 576. The summed E-state index contributed by atoms with van der Waals surface area (Å²) in [5.74, 6) is -1.08. The van der Waals surface area contributed by atoms with Gasteiger partial charge in [-0.25, -0.2) is 17.9 Å². The number of rotatable bonds is 5. The van der Waals surface area contributed by atoms with Crippen LogP contribution in [0, 0.1) is 6.92 Å². The van der Waals surface area contributed by atoms with Crippen LogP contribution in [0.4, 0.5) is 0 Å². The molecule has 0 saturated heterocycles. The molecule has 0 bridgehead atoms. The predicted molar refractivity (Wildman–Crippen MR) is 68.7 cm³/mol. The van der Waals surface area contributed by atoms with E-state index < -0.39 is 16.0 Å². The lowest BCUT2D eigenvalue weighted by molar-refractivity contribution is -0.131. The molecular formula is C12H15NO4S. The molecule has 1 aromatic carbocycles. The van der Waals surface area contributed by atoms with Crippen LogP contribution in [0.5, 0.6) is 0 Å². The van der Waals surface area contributed by atoms with Crippen molar-refractivity contribution in [3.8, 4) is 0 Å². The van der Waals surface area contributed by atoms with Gasteiger partial charge in [0.25, 0.3) is 0 Å². The molecule has 98 valence electrons. The van der Waals surface area contributed by atoms with E-state index in [2.05, 4.69) is 4.72 Å². The molecule has 0 unspecified atom stereocenters. The summed E-state index contributed by atoms with van der Waals surface area (Å²) in [5, 5.41) is 8.53.